The average Bonchev–Trinajstić information content (AvgIpc) is 3.14. The second-order valence-corrected chi connectivity index (χ2v) is 8.67. The van der Waals surface area contributed by atoms with Gasteiger partial charge in [-0.25, -0.2) is 0 Å². The number of carbonyl (C=O) groups excluding carboxylic acids is 3. The summed E-state index contributed by atoms with van der Waals surface area (Å²) >= 11 is 2.29. The number of ketones is 1. The quantitative estimate of drug-likeness (QED) is 0.386. The first kappa shape index (κ1) is 20.9. The van der Waals surface area contributed by atoms with E-state index in [-0.39, 0.29) is 34.5 Å². The zero-order valence-corrected chi connectivity index (χ0v) is 17.5. The molecule has 2 heterocycles. The highest BCUT2D eigenvalue weighted by atomic mass is 32.2. The van der Waals surface area contributed by atoms with E-state index in [1.165, 1.54) is 36.0 Å². The summed E-state index contributed by atoms with van der Waals surface area (Å²) < 4.78 is 0. The fourth-order valence-corrected chi connectivity index (χ4v) is 4.77. The van der Waals surface area contributed by atoms with Crippen LogP contribution >= 0.6 is 23.5 Å². The van der Waals surface area contributed by atoms with Gasteiger partial charge in [0.2, 0.25) is 0 Å². The van der Waals surface area contributed by atoms with Crippen LogP contribution in [0.4, 0.5) is 5.69 Å². The van der Waals surface area contributed by atoms with E-state index in [1.807, 2.05) is 30.3 Å². The minimum absolute atomic E-state index is 0.126. The van der Waals surface area contributed by atoms with Gasteiger partial charge in [0, 0.05) is 29.7 Å². The summed E-state index contributed by atoms with van der Waals surface area (Å²) in [5, 5.41) is 16.3. The lowest BCUT2D eigenvalue weighted by Crippen LogP contribution is -2.35. The summed E-state index contributed by atoms with van der Waals surface area (Å²) in [5.74, 6) is -1.12. The van der Waals surface area contributed by atoms with Gasteiger partial charge in [0.1, 0.15) is 10.3 Å². The Bertz CT molecular complexity index is 1150. The Hall–Kier alpha value is -3.31. The number of benzene rings is 2. The molecule has 2 aromatic carbocycles. The van der Waals surface area contributed by atoms with Crippen LogP contribution in [0, 0.1) is 10.1 Å². The molecule has 2 aromatic rings. The first-order valence-corrected chi connectivity index (χ1v) is 11.0. The van der Waals surface area contributed by atoms with Gasteiger partial charge >= 0.3 is 0 Å². The number of nitrogens with zero attached hydrogens (tertiary/aromatic N) is 4. The first-order chi connectivity index (χ1) is 14.9. The van der Waals surface area contributed by atoms with Crippen LogP contribution in [0.2, 0.25) is 0 Å². The molecule has 156 valence electrons. The molecule has 2 aliphatic rings. The van der Waals surface area contributed by atoms with Crippen molar-refractivity contribution in [1.82, 2.24) is 5.01 Å². The summed E-state index contributed by atoms with van der Waals surface area (Å²) in [4.78, 5) is 51.6. The molecule has 0 unspecified atom stereocenters. The number of hydrazone groups is 1. The number of hydrogen-bond donors (Lipinski definition) is 0. The van der Waals surface area contributed by atoms with Crippen molar-refractivity contribution in [2.45, 2.75) is 11.7 Å². The number of nitro benzene ring substituents is 1. The number of rotatable bonds is 5. The van der Waals surface area contributed by atoms with E-state index in [4.69, 9.17) is 0 Å². The highest BCUT2D eigenvalue weighted by molar-refractivity contribution is 8.16. The van der Waals surface area contributed by atoms with Crippen molar-refractivity contribution in [3.63, 3.8) is 0 Å². The van der Waals surface area contributed by atoms with Crippen LogP contribution in [0.3, 0.4) is 0 Å². The molecular formula is C20H14N4O5S2. The summed E-state index contributed by atoms with van der Waals surface area (Å²) in [6.07, 6.45) is -0.191. The lowest BCUT2D eigenvalue weighted by Gasteiger charge is -2.22. The number of amides is 2. The fourth-order valence-electron chi connectivity index (χ4n) is 2.91. The molecule has 0 saturated carbocycles. The molecule has 0 aliphatic carbocycles. The van der Waals surface area contributed by atoms with Crippen LogP contribution in [0.5, 0.6) is 0 Å². The Morgan fingerprint density at radius 1 is 1.16 bits per heavy atom. The molecule has 2 amide bonds. The van der Waals surface area contributed by atoms with E-state index in [9.17, 15) is 24.5 Å². The summed E-state index contributed by atoms with van der Waals surface area (Å²) in [7, 11) is 0. The van der Waals surface area contributed by atoms with Crippen molar-refractivity contribution in [2.24, 2.45) is 10.1 Å². The largest absolute Gasteiger partial charge is 0.294 e. The van der Waals surface area contributed by atoms with Gasteiger partial charge < -0.3 is 0 Å². The van der Waals surface area contributed by atoms with Crippen molar-refractivity contribution in [3.05, 3.63) is 75.8 Å². The van der Waals surface area contributed by atoms with Gasteiger partial charge in [-0.3, -0.25) is 24.5 Å². The maximum atomic E-state index is 12.6. The van der Waals surface area contributed by atoms with Gasteiger partial charge in [-0.05, 0) is 0 Å². The summed E-state index contributed by atoms with van der Waals surface area (Å²) in [5.41, 5.74) is 0.788. The Kier molecular flexibility index (Phi) is 5.96. The third kappa shape index (κ3) is 4.57. The molecule has 0 bridgehead atoms. The highest BCUT2D eigenvalue weighted by Crippen LogP contribution is 2.31. The van der Waals surface area contributed by atoms with Gasteiger partial charge in [0.25, 0.3) is 17.5 Å². The molecular weight excluding hydrogens is 440 g/mol. The number of hydrogen-bond acceptors (Lipinski definition) is 8. The minimum atomic E-state index is -0.820. The van der Waals surface area contributed by atoms with Gasteiger partial charge in [-0.1, -0.05) is 66.0 Å². The average molecular weight is 454 g/mol. The molecule has 1 atom stereocenters. The molecule has 0 radical (unpaired) electrons. The van der Waals surface area contributed by atoms with Crippen LogP contribution in [0.1, 0.15) is 22.3 Å². The van der Waals surface area contributed by atoms with Crippen molar-refractivity contribution in [2.75, 3.05) is 5.75 Å². The molecule has 0 aromatic heterocycles. The number of amidine groups is 1. The minimum Gasteiger partial charge on any atom is -0.294 e. The SMILES string of the molecule is O=C(C[C@@H]1SC(N2N=C(c3ccccc3)SCC2=O)=NC1=O)c1cccc([N+](=O)[O-])c1. The van der Waals surface area contributed by atoms with E-state index in [0.717, 1.165) is 22.3 Å². The molecule has 0 fully saturated rings. The van der Waals surface area contributed by atoms with E-state index in [0.29, 0.717) is 5.04 Å². The Balaban J connectivity index is 1.49. The van der Waals surface area contributed by atoms with Crippen molar-refractivity contribution < 1.29 is 19.3 Å². The number of aliphatic imine (C=N–C) groups is 1. The van der Waals surface area contributed by atoms with Crippen molar-refractivity contribution in [3.8, 4) is 0 Å². The van der Waals surface area contributed by atoms with E-state index >= 15 is 0 Å². The smallest absolute Gasteiger partial charge is 0.270 e. The van der Waals surface area contributed by atoms with Gasteiger partial charge in [0.15, 0.2) is 11.0 Å². The second kappa shape index (κ2) is 8.82. The topological polar surface area (TPSA) is 122 Å². The second-order valence-electron chi connectivity index (χ2n) is 6.54. The number of Topliss-reactive ketones (excluding diaryl/α,β-unsaturated/α-hetero) is 1. The first-order valence-electron chi connectivity index (χ1n) is 9.09. The maximum absolute atomic E-state index is 12.6. The third-order valence-corrected chi connectivity index (χ3v) is 6.55. The third-order valence-electron chi connectivity index (χ3n) is 4.44. The summed E-state index contributed by atoms with van der Waals surface area (Å²) in [6, 6.07) is 14.7. The number of nitro groups is 1. The number of thioether (sulfide) groups is 2. The predicted octanol–water partition coefficient (Wildman–Crippen LogP) is 3.10. The summed E-state index contributed by atoms with van der Waals surface area (Å²) in [6.45, 7) is 0. The van der Waals surface area contributed by atoms with E-state index in [1.54, 1.807) is 0 Å². The van der Waals surface area contributed by atoms with Crippen molar-refractivity contribution in [1.29, 1.82) is 0 Å². The van der Waals surface area contributed by atoms with Gasteiger partial charge in [-0.2, -0.15) is 15.1 Å². The van der Waals surface area contributed by atoms with Crippen LogP contribution in [-0.2, 0) is 9.59 Å². The molecule has 0 saturated heterocycles. The predicted molar refractivity (Wildman–Crippen MR) is 118 cm³/mol. The van der Waals surface area contributed by atoms with Gasteiger partial charge in [-0.15, -0.1) is 0 Å². The molecule has 9 nitrogen and oxygen atoms in total. The normalized spacial score (nSPS) is 18.6. The van der Waals surface area contributed by atoms with E-state index in [2.05, 4.69) is 10.1 Å². The zero-order valence-electron chi connectivity index (χ0n) is 15.8. The standard InChI is InChI=1S/C20H14N4O5S2/c25-15(13-7-4-8-14(9-13)24(28)29)10-16-18(27)21-20(31-16)23-17(26)11-30-19(22-23)12-5-2-1-3-6-12/h1-9,16H,10-11H2/t16-/m0/s1. The zero-order chi connectivity index (χ0) is 22.0. The van der Waals surface area contributed by atoms with Crippen molar-refractivity contribution >= 4 is 57.0 Å². The van der Waals surface area contributed by atoms with Crippen LogP contribution in [0.25, 0.3) is 0 Å². The molecule has 0 spiro atoms. The van der Waals surface area contributed by atoms with Crippen LogP contribution < -0.4 is 0 Å². The number of non-ortho nitro benzene ring substituents is 1. The maximum Gasteiger partial charge on any atom is 0.270 e. The Morgan fingerprint density at radius 2 is 1.94 bits per heavy atom. The molecule has 2 aliphatic heterocycles. The molecule has 4 rings (SSSR count). The molecule has 11 heteroatoms. The fraction of sp³-hybridized carbons (Fsp3) is 0.150. The van der Waals surface area contributed by atoms with E-state index < -0.39 is 21.9 Å². The lowest BCUT2D eigenvalue weighted by atomic mass is 10.1. The molecule has 0 N–H and O–H groups in total. The highest BCUT2D eigenvalue weighted by Gasteiger charge is 2.37. The lowest BCUT2D eigenvalue weighted by molar-refractivity contribution is -0.384. The monoisotopic (exact) mass is 454 g/mol. The van der Waals surface area contributed by atoms with Gasteiger partial charge in [0.05, 0.1) is 10.7 Å². The Labute approximate surface area is 184 Å². The van der Waals surface area contributed by atoms with Crippen LogP contribution in [0.15, 0.2) is 64.7 Å². The molecule has 31 heavy (non-hydrogen) atoms. The van der Waals surface area contributed by atoms with Crippen LogP contribution in [-0.4, -0.2) is 48.7 Å². The number of carbonyl (C=O) groups is 3. The Morgan fingerprint density at radius 3 is 2.68 bits per heavy atom.